The van der Waals surface area contributed by atoms with Crippen LogP contribution >= 0.6 is 22.9 Å². The van der Waals surface area contributed by atoms with Crippen molar-refractivity contribution in [3.05, 3.63) is 64.0 Å². The van der Waals surface area contributed by atoms with Gasteiger partial charge in [0.2, 0.25) is 0 Å². The first-order valence-corrected chi connectivity index (χ1v) is 9.09. The standard InChI is InChI=1S/C19H17ClN2O3S/c1-25-17(24)10-16-18(12-6-8-14(20)9-7-12)22-19(26-16)21-11-13-4-2-3-5-15(13)23/h2-9,23H,10-11H2,1H3,(H,21,22). The minimum Gasteiger partial charge on any atom is -0.508 e. The van der Waals surface area contributed by atoms with Gasteiger partial charge in [0.05, 0.1) is 19.2 Å². The summed E-state index contributed by atoms with van der Waals surface area (Å²) in [5, 5.41) is 14.4. The van der Waals surface area contributed by atoms with Crippen LogP contribution in [0.5, 0.6) is 5.75 Å². The van der Waals surface area contributed by atoms with E-state index in [1.807, 2.05) is 24.3 Å². The molecule has 0 aliphatic heterocycles. The van der Waals surface area contributed by atoms with Crippen LogP contribution in [0.4, 0.5) is 5.13 Å². The van der Waals surface area contributed by atoms with E-state index in [9.17, 15) is 9.90 Å². The molecule has 0 spiro atoms. The average Bonchev–Trinajstić information content (AvgIpc) is 3.04. The number of esters is 1. The van der Waals surface area contributed by atoms with E-state index in [2.05, 4.69) is 10.3 Å². The zero-order valence-corrected chi connectivity index (χ0v) is 15.6. The van der Waals surface area contributed by atoms with Crippen molar-refractivity contribution < 1.29 is 14.6 Å². The number of hydrogen-bond acceptors (Lipinski definition) is 6. The second-order valence-corrected chi connectivity index (χ2v) is 7.05. The summed E-state index contributed by atoms with van der Waals surface area (Å²) < 4.78 is 4.78. The molecule has 0 aliphatic rings. The van der Waals surface area contributed by atoms with Gasteiger partial charge in [-0.05, 0) is 18.2 Å². The summed E-state index contributed by atoms with van der Waals surface area (Å²) in [5.41, 5.74) is 2.36. The van der Waals surface area contributed by atoms with Crippen LogP contribution in [-0.4, -0.2) is 23.2 Å². The number of para-hydroxylation sites is 1. The van der Waals surface area contributed by atoms with Gasteiger partial charge in [0.1, 0.15) is 5.75 Å². The first-order valence-electron chi connectivity index (χ1n) is 7.90. The Morgan fingerprint density at radius 1 is 1.23 bits per heavy atom. The number of thiazole rings is 1. The van der Waals surface area contributed by atoms with Crippen LogP contribution in [0, 0.1) is 0 Å². The molecule has 3 aromatic rings. The van der Waals surface area contributed by atoms with Crippen molar-refractivity contribution in [1.82, 2.24) is 4.98 Å². The van der Waals surface area contributed by atoms with E-state index < -0.39 is 0 Å². The van der Waals surface area contributed by atoms with Crippen molar-refractivity contribution >= 4 is 34.0 Å². The van der Waals surface area contributed by atoms with E-state index in [0.717, 1.165) is 21.7 Å². The highest BCUT2D eigenvalue weighted by Gasteiger charge is 2.17. The monoisotopic (exact) mass is 388 g/mol. The molecule has 0 amide bonds. The summed E-state index contributed by atoms with van der Waals surface area (Å²) >= 11 is 7.35. The summed E-state index contributed by atoms with van der Waals surface area (Å²) in [6.45, 7) is 0.428. The van der Waals surface area contributed by atoms with Gasteiger partial charge in [-0.15, -0.1) is 11.3 Å². The fourth-order valence-electron chi connectivity index (χ4n) is 2.41. The number of anilines is 1. The molecule has 0 atom stereocenters. The zero-order chi connectivity index (χ0) is 18.5. The van der Waals surface area contributed by atoms with Gasteiger partial charge in [-0.25, -0.2) is 4.98 Å². The van der Waals surface area contributed by atoms with Crippen LogP contribution in [0.1, 0.15) is 10.4 Å². The number of halogens is 1. The molecule has 3 rings (SSSR count). The number of ether oxygens (including phenoxy) is 1. The van der Waals surface area contributed by atoms with E-state index >= 15 is 0 Å². The van der Waals surface area contributed by atoms with Crippen molar-refractivity contribution in [3.8, 4) is 17.0 Å². The van der Waals surface area contributed by atoms with E-state index in [0.29, 0.717) is 16.7 Å². The van der Waals surface area contributed by atoms with E-state index in [1.54, 1.807) is 24.3 Å². The fraction of sp³-hybridized carbons (Fsp3) is 0.158. The van der Waals surface area contributed by atoms with Crippen LogP contribution in [0.3, 0.4) is 0 Å². The van der Waals surface area contributed by atoms with Crippen LogP contribution in [0.2, 0.25) is 5.02 Å². The summed E-state index contributed by atoms with van der Waals surface area (Å²) in [4.78, 5) is 17.2. The third kappa shape index (κ3) is 4.33. The molecule has 7 heteroatoms. The Labute approximate surface area is 160 Å². The minimum atomic E-state index is -0.323. The number of aromatic hydroxyl groups is 1. The maximum Gasteiger partial charge on any atom is 0.310 e. The average molecular weight is 389 g/mol. The Bertz CT molecular complexity index is 909. The van der Waals surface area contributed by atoms with Crippen LogP contribution < -0.4 is 5.32 Å². The topological polar surface area (TPSA) is 71.5 Å². The van der Waals surface area contributed by atoms with E-state index in [-0.39, 0.29) is 18.1 Å². The summed E-state index contributed by atoms with van der Waals surface area (Å²) in [6, 6.07) is 14.4. The molecule has 26 heavy (non-hydrogen) atoms. The molecule has 0 saturated carbocycles. The Morgan fingerprint density at radius 2 is 1.96 bits per heavy atom. The molecule has 0 radical (unpaired) electrons. The largest absolute Gasteiger partial charge is 0.508 e. The summed E-state index contributed by atoms with van der Waals surface area (Å²) in [7, 11) is 1.36. The smallest absolute Gasteiger partial charge is 0.310 e. The van der Waals surface area contributed by atoms with Crippen molar-refractivity contribution in [2.24, 2.45) is 0 Å². The van der Waals surface area contributed by atoms with Crippen molar-refractivity contribution in [1.29, 1.82) is 0 Å². The van der Waals surface area contributed by atoms with Crippen LogP contribution in [0.15, 0.2) is 48.5 Å². The molecule has 134 valence electrons. The molecule has 1 aromatic heterocycles. The SMILES string of the molecule is COC(=O)Cc1sc(NCc2ccccc2O)nc1-c1ccc(Cl)cc1. The lowest BCUT2D eigenvalue weighted by Gasteiger charge is -2.04. The van der Waals surface area contributed by atoms with Gasteiger partial charge >= 0.3 is 5.97 Å². The highest BCUT2D eigenvalue weighted by Crippen LogP contribution is 2.33. The van der Waals surface area contributed by atoms with Crippen LogP contribution in [-0.2, 0) is 22.5 Å². The number of carbonyl (C=O) groups excluding carboxylic acids is 1. The molecular weight excluding hydrogens is 372 g/mol. The lowest BCUT2D eigenvalue weighted by Crippen LogP contribution is -2.03. The fourth-order valence-corrected chi connectivity index (χ4v) is 3.51. The third-order valence-electron chi connectivity index (χ3n) is 3.77. The number of rotatable bonds is 6. The number of aromatic nitrogens is 1. The van der Waals surface area contributed by atoms with Crippen molar-refractivity contribution in [3.63, 3.8) is 0 Å². The lowest BCUT2D eigenvalue weighted by molar-refractivity contribution is -0.139. The Morgan fingerprint density at radius 3 is 2.65 bits per heavy atom. The predicted octanol–water partition coefficient (Wildman–Crippen LogP) is 4.50. The molecule has 2 N–H and O–H groups in total. The molecule has 2 aromatic carbocycles. The molecule has 0 fully saturated rings. The van der Waals surface area contributed by atoms with E-state index in [4.69, 9.17) is 16.3 Å². The maximum atomic E-state index is 11.7. The normalized spacial score (nSPS) is 10.5. The quantitative estimate of drug-likeness (QED) is 0.608. The molecule has 1 heterocycles. The predicted molar refractivity (Wildman–Crippen MR) is 104 cm³/mol. The van der Waals surface area contributed by atoms with Gasteiger partial charge in [0.25, 0.3) is 0 Å². The second-order valence-electron chi connectivity index (χ2n) is 5.53. The number of phenols is 1. The molecule has 0 unspecified atom stereocenters. The number of methoxy groups -OCH3 is 1. The Balaban J connectivity index is 1.86. The number of phenolic OH excluding ortho intramolecular Hbond substituents is 1. The van der Waals surface area contributed by atoms with E-state index in [1.165, 1.54) is 18.4 Å². The number of benzene rings is 2. The molecule has 0 saturated heterocycles. The van der Waals surface area contributed by atoms with Gasteiger partial charge in [-0.3, -0.25) is 4.79 Å². The van der Waals surface area contributed by atoms with Gasteiger partial charge < -0.3 is 15.2 Å². The number of carbonyl (C=O) groups is 1. The highest BCUT2D eigenvalue weighted by molar-refractivity contribution is 7.16. The summed E-state index contributed by atoms with van der Waals surface area (Å²) in [5.74, 6) is -0.0969. The van der Waals surface area contributed by atoms with Gasteiger partial charge in [-0.1, -0.05) is 41.9 Å². The lowest BCUT2D eigenvalue weighted by atomic mass is 10.1. The van der Waals surface area contributed by atoms with Crippen molar-refractivity contribution in [2.45, 2.75) is 13.0 Å². The molecule has 5 nitrogen and oxygen atoms in total. The number of hydrogen-bond donors (Lipinski definition) is 2. The van der Waals surface area contributed by atoms with Crippen LogP contribution in [0.25, 0.3) is 11.3 Å². The summed E-state index contributed by atoms with van der Waals surface area (Å²) in [6.07, 6.45) is 0.143. The Kier molecular flexibility index (Phi) is 5.75. The first kappa shape index (κ1) is 18.2. The molecular formula is C19H17ClN2O3S. The minimum absolute atomic E-state index is 0.143. The third-order valence-corrected chi connectivity index (χ3v) is 5.03. The van der Waals surface area contributed by atoms with Gasteiger partial charge in [0, 0.05) is 27.6 Å². The number of nitrogens with one attached hydrogen (secondary N) is 1. The zero-order valence-electron chi connectivity index (χ0n) is 14.0. The van der Waals surface area contributed by atoms with Crippen molar-refractivity contribution in [2.75, 3.05) is 12.4 Å². The first-order chi connectivity index (χ1) is 12.6. The number of nitrogens with zero attached hydrogens (tertiary/aromatic N) is 1. The Hall–Kier alpha value is -2.57. The van der Waals surface area contributed by atoms with Gasteiger partial charge in [0.15, 0.2) is 5.13 Å². The van der Waals surface area contributed by atoms with Gasteiger partial charge in [-0.2, -0.15) is 0 Å². The second kappa shape index (κ2) is 8.21. The molecule has 0 aliphatic carbocycles. The highest BCUT2D eigenvalue weighted by atomic mass is 35.5. The molecule has 0 bridgehead atoms. The maximum absolute atomic E-state index is 11.7.